The van der Waals surface area contributed by atoms with Crippen LogP contribution in [0.15, 0.2) is 18.2 Å². The highest BCUT2D eigenvalue weighted by Crippen LogP contribution is 2.19. The van der Waals surface area contributed by atoms with Crippen LogP contribution in [0, 0.1) is 23.0 Å². The lowest BCUT2D eigenvalue weighted by Gasteiger charge is -2.15. The average molecular weight is 266 g/mol. The number of nitrogens with one attached hydrogen (secondary N) is 1. The summed E-state index contributed by atoms with van der Waals surface area (Å²) in [5.41, 5.74) is 0.633. The SMILES string of the molecule is Cc1ccc(C(=O)NCC(O)C(C)C)cc1[N+](=O)[O-]. The largest absolute Gasteiger partial charge is 0.391 e. The van der Waals surface area contributed by atoms with Crippen LogP contribution in [0.3, 0.4) is 0 Å². The van der Waals surface area contributed by atoms with E-state index in [-0.39, 0.29) is 23.7 Å². The fraction of sp³-hybridized carbons (Fsp3) is 0.462. The van der Waals surface area contributed by atoms with Crippen molar-refractivity contribution in [3.63, 3.8) is 0 Å². The van der Waals surface area contributed by atoms with E-state index in [4.69, 9.17) is 0 Å². The van der Waals surface area contributed by atoms with E-state index in [9.17, 15) is 20.0 Å². The summed E-state index contributed by atoms with van der Waals surface area (Å²) in [5, 5.41) is 22.9. The van der Waals surface area contributed by atoms with Gasteiger partial charge >= 0.3 is 0 Å². The average Bonchev–Trinajstić information content (AvgIpc) is 2.35. The van der Waals surface area contributed by atoms with Gasteiger partial charge in [-0.1, -0.05) is 19.9 Å². The minimum Gasteiger partial charge on any atom is -0.391 e. The molecular weight excluding hydrogens is 248 g/mol. The van der Waals surface area contributed by atoms with E-state index in [0.29, 0.717) is 5.56 Å². The molecule has 2 N–H and O–H groups in total. The number of carbonyl (C=O) groups is 1. The lowest BCUT2D eigenvalue weighted by Crippen LogP contribution is -2.34. The zero-order valence-corrected chi connectivity index (χ0v) is 11.2. The molecule has 0 aromatic heterocycles. The zero-order valence-electron chi connectivity index (χ0n) is 11.2. The van der Waals surface area contributed by atoms with Crippen LogP contribution < -0.4 is 5.32 Å². The van der Waals surface area contributed by atoms with Gasteiger partial charge in [0.25, 0.3) is 11.6 Å². The van der Waals surface area contributed by atoms with Crippen molar-refractivity contribution in [2.45, 2.75) is 26.9 Å². The van der Waals surface area contributed by atoms with Gasteiger partial charge in [-0.2, -0.15) is 0 Å². The number of nitro benzene ring substituents is 1. The zero-order chi connectivity index (χ0) is 14.6. The number of hydrogen-bond donors (Lipinski definition) is 2. The Morgan fingerprint density at radius 2 is 2.11 bits per heavy atom. The molecule has 6 heteroatoms. The fourth-order valence-corrected chi connectivity index (χ4v) is 1.48. The second-order valence-electron chi connectivity index (χ2n) is 4.78. The van der Waals surface area contributed by atoms with E-state index >= 15 is 0 Å². The van der Waals surface area contributed by atoms with Crippen molar-refractivity contribution in [3.05, 3.63) is 39.4 Å². The van der Waals surface area contributed by atoms with Crippen LogP contribution >= 0.6 is 0 Å². The van der Waals surface area contributed by atoms with Gasteiger partial charge in [0.2, 0.25) is 0 Å². The summed E-state index contributed by atoms with van der Waals surface area (Å²) in [6, 6.07) is 4.30. The number of aliphatic hydroxyl groups excluding tert-OH is 1. The monoisotopic (exact) mass is 266 g/mol. The number of amides is 1. The molecule has 0 spiro atoms. The smallest absolute Gasteiger partial charge is 0.273 e. The molecule has 1 aromatic carbocycles. The first-order chi connectivity index (χ1) is 8.82. The van der Waals surface area contributed by atoms with E-state index in [1.165, 1.54) is 18.2 Å². The molecule has 1 amide bonds. The lowest BCUT2D eigenvalue weighted by atomic mass is 10.1. The van der Waals surface area contributed by atoms with E-state index in [0.717, 1.165) is 0 Å². The van der Waals surface area contributed by atoms with Crippen molar-refractivity contribution in [2.75, 3.05) is 6.54 Å². The van der Waals surface area contributed by atoms with Gasteiger partial charge in [-0.15, -0.1) is 0 Å². The summed E-state index contributed by atoms with van der Waals surface area (Å²) < 4.78 is 0. The van der Waals surface area contributed by atoms with E-state index in [2.05, 4.69) is 5.32 Å². The molecule has 104 valence electrons. The maximum Gasteiger partial charge on any atom is 0.273 e. The Balaban J connectivity index is 2.78. The molecule has 1 atom stereocenters. The van der Waals surface area contributed by atoms with Gasteiger partial charge in [-0.3, -0.25) is 14.9 Å². The summed E-state index contributed by atoms with van der Waals surface area (Å²) in [7, 11) is 0. The van der Waals surface area contributed by atoms with Crippen LogP contribution in [0.2, 0.25) is 0 Å². The van der Waals surface area contributed by atoms with E-state index < -0.39 is 16.9 Å². The molecule has 0 radical (unpaired) electrons. The Labute approximate surface area is 111 Å². The molecule has 0 bridgehead atoms. The first-order valence-electron chi connectivity index (χ1n) is 6.04. The van der Waals surface area contributed by atoms with Crippen molar-refractivity contribution in [1.82, 2.24) is 5.32 Å². The Morgan fingerprint density at radius 1 is 1.47 bits per heavy atom. The van der Waals surface area contributed by atoms with Gasteiger partial charge in [0.15, 0.2) is 0 Å². The van der Waals surface area contributed by atoms with Crippen molar-refractivity contribution in [3.8, 4) is 0 Å². The Kier molecular flexibility index (Phi) is 5.00. The standard InChI is InChI=1S/C13H18N2O4/c1-8(2)12(16)7-14-13(17)10-5-4-9(3)11(6-10)15(18)19/h4-6,8,12,16H,7H2,1-3H3,(H,14,17). The van der Waals surface area contributed by atoms with Gasteiger partial charge in [-0.25, -0.2) is 0 Å². The van der Waals surface area contributed by atoms with Gasteiger partial charge < -0.3 is 10.4 Å². The number of nitrogens with zero attached hydrogens (tertiary/aromatic N) is 1. The van der Waals surface area contributed by atoms with Gasteiger partial charge in [0.1, 0.15) is 0 Å². The molecule has 0 heterocycles. The summed E-state index contributed by atoms with van der Waals surface area (Å²) in [6.07, 6.45) is -0.635. The number of nitro groups is 1. The van der Waals surface area contributed by atoms with Gasteiger partial charge in [0, 0.05) is 23.7 Å². The van der Waals surface area contributed by atoms with Gasteiger partial charge in [0.05, 0.1) is 11.0 Å². The molecule has 6 nitrogen and oxygen atoms in total. The highest BCUT2D eigenvalue weighted by Gasteiger charge is 2.16. The van der Waals surface area contributed by atoms with Crippen molar-refractivity contribution in [2.24, 2.45) is 5.92 Å². The highest BCUT2D eigenvalue weighted by atomic mass is 16.6. The predicted octanol–water partition coefficient (Wildman–Crippen LogP) is 1.65. The number of benzene rings is 1. The third kappa shape index (κ3) is 4.03. The molecule has 0 aliphatic carbocycles. The maximum absolute atomic E-state index is 11.8. The molecule has 0 aliphatic rings. The Hall–Kier alpha value is -1.95. The first-order valence-corrected chi connectivity index (χ1v) is 6.04. The first kappa shape index (κ1) is 15.1. The number of hydrogen-bond acceptors (Lipinski definition) is 4. The Bertz CT molecular complexity index is 486. The topological polar surface area (TPSA) is 92.5 Å². The fourth-order valence-electron chi connectivity index (χ4n) is 1.48. The molecule has 19 heavy (non-hydrogen) atoms. The van der Waals surface area contributed by atoms with E-state index in [1.807, 2.05) is 13.8 Å². The molecule has 1 aromatic rings. The van der Waals surface area contributed by atoms with Crippen LogP contribution in [0.5, 0.6) is 0 Å². The van der Waals surface area contributed by atoms with Crippen molar-refractivity contribution >= 4 is 11.6 Å². The molecule has 0 fully saturated rings. The van der Waals surface area contributed by atoms with Crippen LogP contribution in [0.4, 0.5) is 5.69 Å². The molecular formula is C13H18N2O4. The second kappa shape index (κ2) is 6.29. The normalized spacial score (nSPS) is 12.3. The number of aliphatic hydroxyl groups is 1. The third-order valence-electron chi connectivity index (χ3n) is 2.91. The quantitative estimate of drug-likeness (QED) is 0.626. The summed E-state index contributed by atoms with van der Waals surface area (Å²) in [4.78, 5) is 22.1. The number of carbonyl (C=O) groups excluding carboxylic acids is 1. The molecule has 0 saturated heterocycles. The van der Waals surface area contributed by atoms with Crippen LogP contribution in [0.25, 0.3) is 0 Å². The van der Waals surface area contributed by atoms with Crippen LogP contribution in [0.1, 0.15) is 29.8 Å². The van der Waals surface area contributed by atoms with Crippen molar-refractivity contribution < 1.29 is 14.8 Å². The predicted molar refractivity (Wildman–Crippen MR) is 71.0 cm³/mol. The number of rotatable bonds is 5. The minimum absolute atomic E-state index is 0.0349. The van der Waals surface area contributed by atoms with Crippen molar-refractivity contribution in [1.29, 1.82) is 0 Å². The second-order valence-corrected chi connectivity index (χ2v) is 4.78. The molecule has 1 unspecified atom stereocenters. The molecule has 1 rings (SSSR count). The summed E-state index contributed by atoms with van der Waals surface area (Å²) in [6.45, 7) is 5.42. The minimum atomic E-state index is -0.635. The van der Waals surface area contributed by atoms with Gasteiger partial charge in [-0.05, 0) is 18.9 Å². The highest BCUT2D eigenvalue weighted by molar-refractivity contribution is 5.95. The van der Waals surface area contributed by atoms with Crippen LogP contribution in [-0.2, 0) is 0 Å². The maximum atomic E-state index is 11.8. The third-order valence-corrected chi connectivity index (χ3v) is 2.91. The summed E-state index contributed by atoms with van der Waals surface area (Å²) >= 11 is 0. The summed E-state index contributed by atoms with van der Waals surface area (Å²) in [5.74, 6) is -0.393. The van der Waals surface area contributed by atoms with E-state index in [1.54, 1.807) is 6.92 Å². The molecule has 0 aliphatic heterocycles. The van der Waals surface area contributed by atoms with Crippen LogP contribution in [-0.4, -0.2) is 28.6 Å². The lowest BCUT2D eigenvalue weighted by molar-refractivity contribution is -0.385. The molecule has 0 saturated carbocycles. The Morgan fingerprint density at radius 3 is 2.63 bits per heavy atom. The number of aryl methyl sites for hydroxylation is 1.